The summed E-state index contributed by atoms with van der Waals surface area (Å²) in [7, 11) is 1.64. The zero-order valence-corrected chi connectivity index (χ0v) is 19.4. The molecule has 1 atom stereocenters. The van der Waals surface area contributed by atoms with Crippen LogP contribution in [0.3, 0.4) is 0 Å². The molecule has 1 heterocycles. The minimum Gasteiger partial charge on any atom is -0.497 e. The average molecular weight is 478 g/mol. The number of hydrogen-bond acceptors (Lipinski definition) is 4. The van der Waals surface area contributed by atoms with E-state index in [1.165, 1.54) is 6.07 Å². The number of nitrogens with zero attached hydrogens (tertiary/aromatic N) is 2. The molecular formula is C27H25F2N3O3. The van der Waals surface area contributed by atoms with Crippen LogP contribution in [-0.2, 0) is 13.0 Å². The standard InChI is InChI=1S/C27H25F2N3O3/c1-18(20-8-12-21(34-2)13-9-20)35-22-10-6-19(7-11-22)14-16-32-17-15-25(31-32)30-27(33)26-23(28)4-3-5-24(26)29/h3-13,15,17-18H,14,16H2,1-2H3,(H,30,31,33). The molecule has 35 heavy (non-hydrogen) atoms. The van der Waals surface area contributed by atoms with Crippen molar-refractivity contribution in [2.45, 2.75) is 26.0 Å². The first-order valence-electron chi connectivity index (χ1n) is 11.1. The van der Waals surface area contributed by atoms with Gasteiger partial charge in [-0.1, -0.05) is 30.3 Å². The maximum Gasteiger partial charge on any atom is 0.262 e. The summed E-state index contributed by atoms with van der Waals surface area (Å²) in [5.74, 6) is -0.947. The molecule has 0 radical (unpaired) electrons. The summed E-state index contributed by atoms with van der Waals surface area (Å²) in [6, 6.07) is 20.4. The number of ether oxygens (including phenoxy) is 2. The van der Waals surface area contributed by atoms with Crippen molar-refractivity contribution >= 4 is 11.7 Å². The van der Waals surface area contributed by atoms with Gasteiger partial charge in [0.05, 0.1) is 7.11 Å². The van der Waals surface area contributed by atoms with Crippen LogP contribution in [0, 0.1) is 11.6 Å². The zero-order chi connectivity index (χ0) is 24.8. The lowest BCUT2D eigenvalue weighted by Gasteiger charge is -2.16. The number of aromatic nitrogens is 2. The van der Waals surface area contributed by atoms with E-state index in [2.05, 4.69) is 10.4 Å². The third-order valence-corrected chi connectivity index (χ3v) is 5.52. The first kappa shape index (κ1) is 23.9. The van der Waals surface area contributed by atoms with E-state index in [4.69, 9.17) is 9.47 Å². The lowest BCUT2D eigenvalue weighted by Crippen LogP contribution is -2.16. The molecule has 0 saturated heterocycles. The lowest BCUT2D eigenvalue weighted by molar-refractivity contribution is 0.101. The van der Waals surface area contributed by atoms with E-state index in [-0.39, 0.29) is 11.9 Å². The number of amides is 1. The maximum absolute atomic E-state index is 13.8. The van der Waals surface area contributed by atoms with E-state index in [0.29, 0.717) is 13.0 Å². The van der Waals surface area contributed by atoms with Gasteiger partial charge >= 0.3 is 0 Å². The maximum atomic E-state index is 13.8. The summed E-state index contributed by atoms with van der Waals surface area (Å²) in [5, 5.41) is 6.69. The fourth-order valence-electron chi connectivity index (χ4n) is 3.57. The number of rotatable bonds is 9. The van der Waals surface area contributed by atoms with Crippen molar-refractivity contribution in [1.82, 2.24) is 9.78 Å². The van der Waals surface area contributed by atoms with Gasteiger partial charge in [0.15, 0.2) is 5.82 Å². The summed E-state index contributed by atoms with van der Waals surface area (Å²) >= 11 is 0. The van der Waals surface area contributed by atoms with E-state index in [1.54, 1.807) is 24.1 Å². The summed E-state index contributed by atoms with van der Waals surface area (Å²) in [6.07, 6.45) is 2.29. The third-order valence-electron chi connectivity index (χ3n) is 5.52. The van der Waals surface area contributed by atoms with Crippen LogP contribution in [0.5, 0.6) is 11.5 Å². The molecule has 0 spiro atoms. The molecule has 0 aliphatic heterocycles. The van der Waals surface area contributed by atoms with Crippen LogP contribution in [0.4, 0.5) is 14.6 Å². The Bertz CT molecular complexity index is 1270. The summed E-state index contributed by atoms with van der Waals surface area (Å²) < 4.78 is 40.5. The van der Waals surface area contributed by atoms with Gasteiger partial charge in [-0.3, -0.25) is 9.48 Å². The molecule has 1 aromatic heterocycles. The molecule has 4 aromatic rings. The van der Waals surface area contributed by atoms with Crippen LogP contribution in [0.25, 0.3) is 0 Å². The van der Waals surface area contributed by atoms with Crippen molar-refractivity contribution in [3.63, 3.8) is 0 Å². The van der Waals surface area contributed by atoms with Crippen molar-refractivity contribution in [2.75, 3.05) is 12.4 Å². The second-order valence-electron chi connectivity index (χ2n) is 7.94. The highest BCUT2D eigenvalue weighted by Gasteiger charge is 2.18. The average Bonchev–Trinajstić information content (AvgIpc) is 3.30. The van der Waals surface area contributed by atoms with Gasteiger partial charge in [0.1, 0.15) is 34.8 Å². The second-order valence-corrected chi connectivity index (χ2v) is 7.94. The van der Waals surface area contributed by atoms with Crippen molar-refractivity contribution in [1.29, 1.82) is 0 Å². The Morgan fingerprint density at radius 2 is 1.63 bits per heavy atom. The van der Waals surface area contributed by atoms with Crippen LogP contribution in [-0.4, -0.2) is 22.8 Å². The number of benzene rings is 3. The van der Waals surface area contributed by atoms with Crippen LogP contribution in [0.2, 0.25) is 0 Å². The van der Waals surface area contributed by atoms with E-state index < -0.39 is 23.1 Å². The molecule has 180 valence electrons. The highest BCUT2D eigenvalue weighted by atomic mass is 19.1. The lowest BCUT2D eigenvalue weighted by atomic mass is 10.1. The smallest absolute Gasteiger partial charge is 0.262 e. The van der Waals surface area contributed by atoms with Crippen LogP contribution >= 0.6 is 0 Å². The topological polar surface area (TPSA) is 65.4 Å². The van der Waals surface area contributed by atoms with Crippen molar-refractivity contribution in [3.8, 4) is 11.5 Å². The molecule has 0 aliphatic rings. The van der Waals surface area contributed by atoms with Gasteiger partial charge in [-0.25, -0.2) is 8.78 Å². The highest BCUT2D eigenvalue weighted by Crippen LogP contribution is 2.24. The Labute approximate surface area is 202 Å². The van der Waals surface area contributed by atoms with Gasteiger partial charge < -0.3 is 14.8 Å². The minimum atomic E-state index is -0.923. The van der Waals surface area contributed by atoms with E-state index in [1.807, 2.05) is 55.5 Å². The monoisotopic (exact) mass is 477 g/mol. The second kappa shape index (κ2) is 10.8. The molecule has 0 saturated carbocycles. The Kier molecular flexibility index (Phi) is 7.40. The number of nitrogens with one attached hydrogen (secondary N) is 1. The van der Waals surface area contributed by atoms with Gasteiger partial charge in [-0.15, -0.1) is 0 Å². The van der Waals surface area contributed by atoms with Crippen LogP contribution in [0.1, 0.15) is 34.5 Å². The Morgan fingerprint density at radius 1 is 0.971 bits per heavy atom. The summed E-state index contributed by atoms with van der Waals surface area (Å²) in [5.41, 5.74) is 1.50. The fourth-order valence-corrected chi connectivity index (χ4v) is 3.57. The Morgan fingerprint density at radius 3 is 2.29 bits per heavy atom. The highest BCUT2D eigenvalue weighted by molar-refractivity contribution is 6.04. The summed E-state index contributed by atoms with van der Waals surface area (Å²) in [4.78, 5) is 12.2. The molecule has 1 unspecified atom stereocenters. The molecular weight excluding hydrogens is 452 g/mol. The van der Waals surface area contributed by atoms with Gasteiger partial charge in [-0.2, -0.15) is 5.10 Å². The Balaban J connectivity index is 1.29. The molecule has 1 amide bonds. The number of methoxy groups -OCH3 is 1. The van der Waals surface area contributed by atoms with Gasteiger partial charge in [0.25, 0.3) is 5.91 Å². The predicted octanol–water partition coefficient (Wildman–Crippen LogP) is 5.80. The largest absolute Gasteiger partial charge is 0.497 e. The molecule has 4 rings (SSSR count). The number of aryl methyl sites for hydroxylation is 2. The number of anilines is 1. The van der Waals surface area contributed by atoms with E-state index in [9.17, 15) is 13.6 Å². The quantitative estimate of drug-likeness (QED) is 0.331. The Hall–Kier alpha value is -4.20. The molecule has 8 heteroatoms. The predicted molar refractivity (Wildman–Crippen MR) is 129 cm³/mol. The van der Waals surface area contributed by atoms with Crippen LogP contribution < -0.4 is 14.8 Å². The van der Waals surface area contributed by atoms with Gasteiger partial charge in [0.2, 0.25) is 0 Å². The molecule has 3 aromatic carbocycles. The molecule has 6 nitrogen and oxygen atoms in total. The van der Waals surface area contributed by atoms with Crippen LogP contribution in [0.15, 0.2) is 79.0 Å². The minimum absolute atomic E-state index is 0.109. The summed E-state index contributed by atoms with van der Waals surface area (Å²) in [6.45, 7) is 2.55. The third kappa shape index (κ3) is 6.03. The SMILES string of the molecule is COc1ccc(C(C)Oc2ccc(CCn3ccc(NC(=O)c4c(F)cccc4F)n3)cc2)cc1. The zero-order valence-electron chi connectivity index (χ0n) is 19.4. The normalized spacial score (nSPS) is 11.7. The van der Waals surface area contributed by atoms with Crippen molar-refractivity contribution < 1.29 is 23.0 Å². The van der Waals surface area contributed by atoms with Crippen molar-refractivity contribution in [3.05, 3.63) is 107 Å². The molecule has 0 fully saturated rings. The van der Waals surface area contributed by atoms with Gasteiger partial charge in [0, 0.05) is 18.8 Å². The fraction of sp³-hybridized carbons (Fsp3) is 0.185. The first-order chi connectivity index (χ1) is 16.9. The molecule has 1 N–H and O–H groups in total. The van der Waals surface area contributed by atoms with E-state index >= 15 is 0 Å². The molecule has 0 bridgehead atoms. The number of halogens is 2. The number of carbonyl (C=O) groups excluding carboxylic acids is 1. The van der Waals surface area contributed by atoms with E-state index in [0.717, 1.165) is 34.8 Å². The number of carbonyl (C=O) groups is 1. The molecule has 0 aliphatic carbocycles. The van der Waals surface area contributed by atoms with Crippen molar-refractivity contribution in [2.24, 2.45) is 0 Å². The first-order valence-corrected chi connectivity index (χ1v) is 11.1. The van der Waals surface area contributed by atoms with Gasteiger partial charge in [-0.05, 0) is 60.9 Å². The number of hydrogen-bond donors (Lipinski definition) is 1.